The first-order chi connectivity index (χ1) is 13.0. The molecule has 0 aliphatic carbocycles. The minimum absolute atomic E-state index is 0.243. The van der Waals surface area contributed by atoms with Crippen LogP contribution in [0.25, 0.3) is 16.3 Å². The number of benzene rings is 2. The van der Waals surface area contributed by atoms with Crippen molar-refractivity contribution < 1.29 is 9.18 Å². The van der Waals surface area contributed by atoms with E-state index in [-0.39, 0.29) is 11.7 Å². The highest BCUT2D eigenvalue weighted by Gasteiger charge is 2.06. The number of carbonyl (C=O) groups excluding carboxylic acids is 1. The van der Waals surface area contributed by atoms with Crippen LogP contribution in [0.1, 0.15) is 5.56 Å². The van der Waals surface area contributed by atoms with Crippen molar-refractivity contribution in [1.29, 1.82) is 0 Å². The topological polar surface area (TPSA) is 57.3 Å². The third kappa shape index (κ3) is 5.60. The first-order valence-corrected chi connectivity index (χ1v) is 9.35. The molecule has 0 unspecified atom stereocenters. The molecule has 0 saturated carbocycles. The predicted molar refractivity (Wildman–Crippen MR) is 111 cm³/mol. The molecule has 3 rings (SSSR count). The average Bonchev–Trinajstić information content (AvgIpc) is 3.03. The summed E-state index contributed by atoms with van der Waals surface area (Å²) < 4.78 is 13.9. The number of nitrogens with one attached hydrogen (secondary N) is 2. The monoisotopic (exact) mass is 384 g/mol. The van der Waals surface area contributed by atoms with Gasteiger partial charge >= 0.3 is 0 Å². The van der Waals surface area contributed by atoms with Crippen LogP contribution >= 0.6 is 11.3 Å². The molecule has 0 aliphatic rings. The van der Waals surface area contributed by atoms with Crippen LogP contribution in [-0.2, 0) is 4.79 Å². The highest BCUT2D eigenvalue weighted by atomic mass is 32.1. The molecule has 0 fully saturated rings. The zero-order chi connectivity index (χ0) is 19.2. The Morgan fingerprint density at radius 2 is 2.00 bits per heavy atom. The van der Waals surface area contributed by atoms with E-state index in [1.54, 1.807) is 29.5 Å². The van der Waals surface area contributed by atoms with Crippen molar-refractivity contribution >= 4 is 44.4 Å². The van der Waals surface area contributed by atoms with Crippen molar-refractivity contribution in [3.05, 3.63) is 59.9 Å². The molecule has 0 spiro atoms. The van der Waals surface area contributed by atoms with E-state index >= 15 is 0 Å². The molecule has 1 amide bonds. The molecule has 3 aromatic rings. The van der Waals surface area contributed by atoms with Gasteiger partial charge in [0, 0.05) is 24.9 Å². The summed E-state index contributed by atoms with van der Waals surface area (Å²) in [6.07, 6.45) is 3.07. The molecule has 2 aromatic carbocycles. The molecule has 1 heterocycles. The van der Waals surface area contributed by atoms with Gasteiger partial charge < -0.3 is 15.5 Å². The van der Waals surface area contributed by atoms with Crippen LogP contribution in [0.5, 0.6) is 0 Å². The number of anilines is 2. The first-order valence-electron chi connectivity index (χ1n) is 8.53. The number of aromatic nitrogens is 1. The van der Waals surface area contributed by atoms with E-state index in [4.69, 9.17) is 0 Å². The molecule has 0 atom stereocenters. The number of fused-ring (bicyclic) bond motifs is 1. The van der Waals surface area contributed by atoms with Crippen LogP contribution in [-0.4, -0.2) is 43.0 Å². The molecule has 0 radical (unpaired) electrons. The van der Waals surface area contributed by atoms with Crippen LogP contribution in [0.15, 0.2) is 48.5 Å². The van der Waals surface area contributed by atoms with Gasteiger partial charge in [0.15, 0.2) is 5.13 Å². The lowest BCUT2D eigenvalue weighted by atomic mass is 10.2. The van der Waals surface area contributed by atoms with Crippen molar-refractivity contribution in [3.8, 4) is 0 Å². The highest BCUT2D eigenvalue weighted by molar-refractivity contribution is 7.22. The SMILES string of the molecule is CN(C)CCNc1nc2ccc(NC(=O)C=Cc3ccc(F)cc3)cc2s1. The molecule has 2 N–H and O–H groups in total. The molecule has 0 saturated heterocycles. The average molecular weight is 384 g/mol. The Labute approximate surface area is 161 Å². The Bertz CT molecular complexity index is 950. The Morgan fingerprint density at radius 3 is 2.74 bits per heavy atom. The third-order valence-electron chi connectivity index (χ3n) is 3.79. The molecular formula is C20H21FN4OS. The summed E-state index contributed by atoms with van der Waals surface area (Å²) in [7, 11) is 4.05. The van der Waals surface area contributed by atoms with E-state index in [9.17, 15) is 9.18 Å². The second-order valence-electron chi connectivity index (χ2n) is 6.31. The van der Waals surface area contributed by atoms with Gasteiger partial charge in [0.05, 0.1) is 10.2 Å². The maximum Gasteiger partial charge on any atom is 0.248 e. The standard InChI is InChI=1S/C20H21FN4OS/c1-25(2)12-11-22-20-24-17-9-8-16(13-18(17)27-20)23-19(26)10-5-14-3-6-15(21)7-4-14/h3-10,13H,11-12H2,1-2H3,(H,22,24)(H,23,26). The van der Waals surface area contributed by atoms with Gasteiger partial charge in [-0.25, -0.2) is 9.37 Å². The van der Waals surface area contributed by atoms with Crippen molar-refractivity contribution in [2.24, 2.45) is 0 Å². The van der Waals surface area contributed by atoms with Gasteiger partial charge in [-0.15, -0.1) is 0 Å². The van der Waals surface area contributed by atoms with E-state index < -0.39 is 0 Å². The molecule has 27 heavy (non-hydrogen) atoms. The number of carbonyl (C=O) groups is 1. The number of amides is 1. The van der Waals surface area contributed by atoms with Gasteiger partial charge in [-0.1, -0.05) is 23.5 Å². The number of rotatable bonds is 7. The molecule has 0 aliphatic heterocycles. The van der Waals surface area contributed by atoms with Gasteiger partial charge in [0.25, 0.3) is 0 Å². The number of hydrogen-bond donors (Lipinski definition) is 2. The molecular weight excluding hydrogens is 363 g/mol. The smallest absolute Gasteiger partial charge is 0.248 e. The number of halogens is 1. The molecule has 140 valence electrons. The lowest BCUT2D eigenvalue weighted by molar-refractivity contribution is -0.111. The van der Waals surface area contributed by atoms with E-state index in [0.29, 0.717) is 5.69 Å². The molecule has 0 bridgehead atoms. The number of nitrogens with zero attached hydrogens (tertiary/aromatic N) is 2. The number of hydrogen-bond acceptors (Lipinski definition) is 5. The van der Waals surface area contributed by atoms with E-state index in [1.807, 2.05) is 32.3 Å². The summed E-state index contributed by atoms with van der Waals surface area (Å²) >= 11 is 1.56. The fourth-order valence-electron chi connectivity index (χ4n) is 2.39. The fourth-order valence-corrected chi connectivity index (χ4v) is 3.32. The van der Waals surface area contributed by atoms with Gasteiger partial charge in [-0.05, 0) is 56.1 Å². The van der Waals surface area contributed by atoms with E-state index in [2.05, 4.69) is 20.5 Å². The number of likely N-dealkylation sites (N-methyl/N-ethyl adjacent to an activating group) is 1. The van der Waals surface area contributed by atoms with Gasteiger partial charge in [-0.3, -0.25) is 4.79 Å². The maximum absolute atomic E-state index is 12.9. The molecule has 5 nitrogen and oxygen atoms in total. The van der Waals surface area contributed by atoms with E-state index in [0.717, 1.165) is 34.0 Å². The lowest BCUT2D eigenvalue weighted by Crippen LogP contribution is -2.20. The molecule has 7 heteroatoms. The van der Waals surface area contributed by atoms with Crippen molar-refractivity contribution in [3.63, 3.8) is 0 Å². The zero-order valence-corrected chi connectivity index (χ0v) is 16.0. The van der Waals surface area contributed by atoms with Gasteiger partial charge in [0.2, 0.25) is 5.91 Å². The predicted octanol–water partition coefficient (Wildman–Crippen LogP) is 4.06. The molecule has 1 aromatic heterocycles. The summed E-state index contributed by atoms with van der Waals surface area (Å²) in [6, 6.07) is 11.6. The van der Waals surface area contributed by atoms with Crippen LogP contribution < -0.4 is 10.6 Å². The van der Waals surface area contributed by atoms with Crippen LogP contribution in [0, 0.1) is 5.82 Å². The largest absolute Gasteiger partial charge is 0.360 e. The summed E-state index contributed by atoms with van der Waals surface area (Å²) in [5.41, 5.74) is 2.37. The Hall–Kier alpha value is -2.77. The minimum Gasteiger partial charge on any atom is -0.360 e. The van der Waals surface area contributed by atoms with Crippen LogP contribution in [0.2, 0.25) is 0 Å². The van der Waals surface area contributed by atoms with Crippen LogP contribution in [0.3, 0.4) is 0 Å². The Morgan fingerprint density at radius 1 is 1.22 bits per heavy atom. The summed E-state index contributed by atoms with van der Waals surface area (Å²) in [5, 5.41) is 7.01. The summed E-state index contributed by atoms with van der Waals surface area (Å²) in [4.78, 5) is 18.7. The van der Waals surface area contributed by atoms with Crippen LogP contribution in [0.4, 0.5) is 15.2 Å². The second-order valence-corrected chi connectivity index (χ2v) is 7.34. The third-order valence-corrected chi connectivity index (χ3v) is 4.76. The second kappa shape index (κ2) is 8.75. The van der Waals surface area contributed by atoms with Crippen molar-refractivity contribution in [1.82, 2.24) is 9.88 Å². The Kier molecular flexibility index (Phi) is 6.16. The minimum atomic E-state index is -0.301. The van der Waals surface area contributed by atoms with Crippen molar-refractivity contribution in [2.75, 3.05) is 37.8 Å². The summed E-state index contributed by atoms with van der Waals surface area (Å²) in [6.45, 7) is 1.75. The van der Waals surface area contributed by atoms with E-state index in [1.165, 1.54) is 18.2 Å². The van der Waals surface area contributed by atoms with Crippen molar-refractivity contribution in [2.45, 2.75) is 0 Å². The van der Waals surface area contributed by atoms with Gasteiger partial charge in [0.1, 0.15) is 5.82 Å². The first kappa shape index (κ1) is 19.0. The maximum atomic E-state index is 12.9. The lowest BCUT2D eigenvalue weighted by Gasteiger charge is -2.08. The van der Waals surface area contributed by atoms with Gasteiger partial charge in [-0.2, -0.15) is 0 Å². The Balaban J connectivity index is 1.62. The number of thiazole rings is 1. The highest BCUT2D eigenvalue weighted by Crippen LogP contribution is 2.28. The quantitative estimate of drug-likeness (QED) is 0.603. The summed E-state index contributed by atoms with van der Waals surface area (Å²) in [5.74, 6) is -0.544. The fraction of sp³-hybridized carbons (Fsp3) is 0.200. The zero-order valence-electron chi connectivity index (χ0n) is 15.2. The normalized spacial score (nSPS) is 11.4.